The van der Waals surface area contributed by atoms with Crippen LogP contribution in [0.25, 0.3) is 21.5 Å². The molecule has 0 aliphatic carbocycles. The van der Waals surface area contributed by atoms with Gasteiger partial charge in [-0.3, -0.25) is 4.79 Å². The summed E-state index contributed by atoms with van der Waals surface area (Å²) >= 11 is 0. The lowest BCUT2D eigenvalue weighted by Gasteiger charge is -2.13. The largest absolute Gasteiger partial charge is 0.506 e. The van der Waals surface area contributed by atoms with Gasteiger partial charge in [-0.05, 0) is 19.1 Å². The molecule has 1 heterocycles. The molecule has 0 saturated carbocycles. The third-order valence-electron chi connectivity index (χ3n) is 3.57. The summed E-state index contributed by atoms with van der Waals surface area (Å²) in [6.45, 7) is 1.66. The van der Waals surface area contributed by atoms with E-state index < -0.39 is 11.4 Å². The smallest absolute Gasteiger partial charge is 0.294 e. The van der Waals surface area contributed by atoms with Crippen LogP contribution in [0.15, 0.2) is 27.4 Å². The van der Waals surface area contributed by atoms with Crippen molar-refractivity contribution in [1.29, 1.82) is 0 Å². The van der Waals surface area contributed by atoms with Crippen molar-refractivity contribution >= 4 is 21.5 Å². The van der Waals surface area contributed by atoms with Gasteiger partial charge in [0.05, 0.1) is 19.6 Å². The molecule has 0 unspecified atom stereocenters. The number of ether oxygens (including phenoxy) is 2. The minimum Gasteiger partial charge on any atom is -0.506 e. The quantitative estimate of drug-likeness (QED) is 0.707. The number of hydrogen-bond acceptors (Lipinski definition) is 6. The normalized spacial score (nSPS) is 11.0. The number of hydrogen-bond donors (Lipinski definition) is 2. The fourth-order valence-corrected chi connectivity index (χ4v) is 2.65. The highest BCUT2D eigenvalue weighted by molar-refractivity contribution is 6.12. The molecule has 0 saturated heterocycles. The molecule has 0 aliphatic heterocycles. The van der Waals surface area contributed by atoms with E-state index in [0.717, 1.165) is 0 Å². The van der Waals surface area contributed by atoms with Crippen molar-refractivity contribution in [3.63, 3.8) is 0 Å². The van der Waals surface area contributed by atoms with Crippen LogP contribution in [0.3, 0.4) is 0 Å². The van der Waals surface area contributed by atoms with Gasteiger partial charge < -0.3 is 24.1 Å². The van der Waals surface area contributed by atoms with Crippen LogP contribution in [0, 0.1) is 6.92 Å². The molecule has 0 atom stereocenters. The third-order valence-corrected chi connectivity index (χ3v) is 3.57. The highest BCUT2D eigenvalue weighted by atomic mass is 16.5. The SMILES string of the molecule is COc1cc(=O)c2c(O)c3c(O)oc(C)cc3c(OC)c2c1. The third kappa shape index (κ3) is 1.84. The summed E-state index contributed by atoms with van der Waals surface area (Å²) in [5, 5.41) is 21.4. The number of fused-ring (bicyclic) bond motifs is 2. The number of rotatable bonds is 2. The number of aryl methyl sites for hydroxylation is 1. The summed E-state index contributed by atoms with van der Waals surface area (Å²) in [4.78, 5) is 12.3. The van der Waals surface area contributed by atoms with Crippen molar-refractivity contribution in [2.75, 3.05) is 14.2 Å². The van der Waals surface area contributed by atoms with E-state index in [1.165, 1.54) is 20.3 Å². The first-order valence-electron chi connectivity index (χ1n) is 6.52. The topological polar surface area (TPSA) is 89.1 Å². The lowest BCUT2D eigenvalue weighted by atomic mass is 10.0. The van der Waals surface area contributed by atoms with Gasteiger partial charge in [0, 0.05) is 16.8 Å². The Morgan fingerprint density at radius 3 is 2.32 bits per heavy atom. The van der Waals surface area contributed by atoms with Gasteiger partial charge in [-0.2, -0.15) is 0 Å². The fourth-order valence-electron chi connectivity index (χ4n) is 2.65. The molecule has 0 fully saturated rings. The van der Waals surface area contributed by atoms with Gasteiger partial charge in [0.15, 0.2) is 5.43 Å². The van der Waals surface area contributed by atoms with Crippen LogP contribution in [-0.2, 0) is 0 Å². The summed E-state index contributed by atoms with van der Waals surface area (Å²) in [5.41, 5.74) is -0.438. The van der Waals surface area contributed by atoms with Crippen LogP contribution in [0.5, 0.6) is 23.2 Å². The molecule has 6 heteroatoms. The van der Waals surface area contributed by atoms with E-state index in [2.05, 4.69) is 0 Å². The van der Waals surface area contributed by atoms with Crippen molar-refractivity contribution in [2.24, 2.45) is 0 Å². The second-order valence-corrected chi connectivity index (χ2v) is 4.88. The number of benzene rings is 2. The van der Waals surface area contributed by atoms with Crippen LogP contribution in [0.1, 0.15) is 5.76 Å². The van der Waals surface area contributed by atoms with Crippen LogP contribution in [-0.4, -0.2) is 24.4 Å². The van der Waals surface area contributed by atoms with Crippen molar-refractivity contribution in [2.45, 2.75) is 6.92 Å². The highest BCUT2D eigenvalue weighted by Gasteiger charge is 2.21. The van der Waals surface area contributed by atoms with Gasteiger partial charge in [0.2, 0.25) is 0 Å². The molecule has 0 aliphatic rings. The molecule has 3 rings (SSSR count). The first-order chi connectivity index (χ1) is 10.5. The zero-order chi connectivity index (χ0) is 16.0. The molecule has 0 spiro atoms. The molecule has 2 N–H and O–H groups in total. The Labute approximate surface area is 125 Å². The van der Waals surface area contributed by atoms with E-state index >= 15 is 0 Å². The second kappa shape index (κ2) is 4.84. The number of phenolic OH excluding ortho intramolecular Hbond substituents is 1. The maximum atomic E-state index is 12.3. The first-order valence-corrected chi connectivity index (χ1v) is 6.52. The summed E-state index contributed by atoms with van der Waals surface area (Å²) < 4.78 is 15.6. The average molecular weight is 302 g/mol. The number of aromatic hydroxyl groups is 2. The van der Waals surface area contributed by atoms with Crippen molar-refractivity contribution in [1.82, 2.24) is 0 Å². The Morgan fingerprint density at radius 1 is 1.00 bits per heavy atom. The van der Waals surface area contributed by atoms with Crippen LogP contribution >= 0.6 is 0 Å². The Morgan fingerprint density at radius 2 is 1.68 bits per heavy atom. The van der Waals surface area contributed by atoms with Gasteiger partial charge in [-0.25, -0.2) is 0 Å². The monoisotopic (exact) mass is 302 g/mol. The van der Waals surface area contributed by atoms with E-state index in [4.69, 9.17) is 13.9 Å². The molecule has 0 amide bonds. The second-order valence-electron chi connectivity index (χ2n) is 4.88. The molecule has 114 valence electrons. The van der Waals surface area contributed by atoms with E-state index in [9.17, 15) is 15.0 Å². The first kappa shape index (κ1) is 14.1. The lowest BCUT2D eigenvalue weighted by Crippen LogP contribution is -2.03. The lowest BCUT2D eigenvalue weighted by molar-refractivity contribution is 0.318. The van der Waals surface area contributed by atoms with Gasteiger partial charge in [0.25, 0.3) is 5.95 Å². The Kier molecular flexibility index (Phi) is 3.09. The zero-order valence-corrected chi connectivity index (χ0v) is 12.3. The summed E-state index contributed by atoms with van der Waals surface area (Å²) in [6.07, 6.45) is 0. The van der Waals surface area contributed by atoms with E-state index in [0.29, 0.717) is 28.0 Å². The fraction of sp³-hybridized carbons (Fsp3) is 0.188. The molecule has 3 aromatic rings. The van der Waals surface area contributed by atoms with Gasteiger partial charge in [-0.15, -0.1) is 0 Å². The predicted molar refractivity (Wildman–Crippen MR) is 81.2 cm³/mol. The standard InChI is InChI=1S/C16H14O6/c1-7-4-9-13(16(19)22-7)14(18)12-10(15(9)21-3)5-8(20-2)6-11(12)17/h4-6,18-19H,1-3H3. The van der Waals surface area contributed by atoms with Crippen LogP contribution in [0.2, 0.25) is 0 Å². The van der Waals surface area contributed by atoms with Crippen molar-refractivity contribution in [3.05, 3.63) is 34.2 Å². The zero-order valence-electron chi connectivity index (χ0n) is 12.3. The molecule has 1 aromatic heterocycles. The minimum absolute atomic E-state index is 0.0391. The predicted octanol–water partition coefficient (Wildman–Crippen LogP) is 2.68. The van der Waals surface area contributed by atoms with E-state index in [-0.39, 0.29) is 16.5 Å². The summed E-state index contributed by atoms with van der Waals surface area (Å²) in [6, 6.07) is 4.48. The Hall–Kier alpha value is -2.89. The number of methoxy groups -OCH3 is 2. The molecule has 0 radical (unpaired) electrons. The van der Waals surface area contributed by atoms with E-state index in [1.54, 1.807) is 19.1 Å². The molecular weight excluding hydrogens is 288 g/mol. The minimum atomic E-state index is -0.470. The Bertz CT molecular complexity index is 955. The van der Waals surface area contributed by atoms with Crippen molar-refractivity contribution in [3.8, 4) is 23.2 Å². The summed E-state index contributed by atoms with van der Waals surface area (Å²) in [5.74, 6) is 0.332. The molecule has 2 aromatic carbocycles. The summed E-state index contributed by atoms with van der Waals surface area (Å²) in [7, 11) is 2.90. The molecule has 0 bridgehead atoms. The van der Waals surface area contributed by atoms with Gasteiger partial charge in [0.1, 0.15) is 28.4 Å². The average Bonchev–Trinajstić information content (AvgIpc) is 2.46. The Balaban J connectivity index is 2.67. The highest BCUT2D eigenvalue weighted by Crippen LogP contribution is 2.45. The van der Waals surface area contributed by atoms with Crippen molar-refractivity contribution < 1.29 is 24.1 Å². The van der Waals surface area contributed by atoms with Crippen LogP contribution < -0.4 is 14.9 Å². The maximum absolute atomic E-state index is 12.3. The van der Waals surface area contributed by atoms with E-state index in [1.807, 2.05) is 0 Å². The molecule has 6 nitrogen and oxygen atoms in total. The van der Waals surface area contributed by atoms with Gasteiger partial charge >= 0.3 is 0 Å². The van der Waals surface area contributed by atoms with Gasteiger partial charge in [-0.1, -0.05) is 0 Å². The number of phenols is 1. The molecular formula is C16H14O6. The van der Waals surface area contributed by atoms with Crippen LogP contribution in [0.4, 0.5) is 0 Å². The maximum Gasteiger partial charge on any atom is 0.294 e. The molecule has 22 heavy (non-hydrogen) atoms.